The maximum Gasteiger partial charge on any atom is 0.291 e. The molecule has 2 rings (SSSR count). The van der Waals surface area contributed by atoms with Crippen LogP contribution in [0.3, 0.4) is 0 Å². The van der Waals surface area contributed by atoms with Gasteiger partial charge in [-0.1, -0.05) is 30.6 Å². The summed E-state index contributed by atoms with van der Waals surface area (Å²) in [6, 6.07) is 4.71. The lowest BCUT2D eigenvalue weighted by Crippen LogP contribution is -2.15. The van der Waals surface area contributed by atoms with Crippen molar-refractivity contribution in [3.63, 3.8) is 0 Å². The van der Waals surface area contributed by atoms with Crippen molar-refractivity contribution in [2.75, 3.05) is 4.72 Å². The summed E-state index contributed by atoms with van der Waals surface area (Å²) in [7, 11) is -4.19. The summed E-state index contributed by atoms with van der Waals surface area (Å²) in [5.74, 6) is 0.465. The highest BCUT2D eigenvalue weighted by molar-refractivity contribution is 7.92. The molecule has 118 valence electrons. The van der Waals surface area contributed by atoms with Crippen LogP contribution in [-0.2, 0) is 10.0 Å². The van der Waals surface area contributed by atoms with Crippen LogP contribution >= 0.6 is 11.6 Å². The second kappa shape index (κ2) is 5.93. The molecule has 1 aromatic carbocycles. The number of halogens is 1. The first-order chi connectivity index (χ1) is 10.2. The van der Waals surface area contributed by atoms with Gasteiger partial charge < -0.3 is 4.52 Å². The zero-order chi connectivity index (χ0) is 16.5. The molecule has 8 nitrogen and oxygen atoms in total. The number of rotatable bonds is 5. The Morgan fingerprint density at radius 2 is 2.05 bits per heavy atom. The average Bonchev–Trinajstić information content (AvgIpc) is 2.86. The lowest BCUT2D eigenvalue weighted by atomic mass is 10.2. The van der Waals surface area contributed by atoms with Crippen LogP contribution in [0, 0.1) is 10.1 Å². The SMILES string of the molecule is CC(C)c1cc(NS(=O)(=O)c2ccc(Cl)cc2[N+](=O)[O-])no1. The largest absolute Gasteiger partial charge is 0.359 e. The summed E-state index contributed by atoms with van der Waals surface area (Å²) in [5, 5.41) is 14.6. The topological polar surface area (TPSA) is 115 Å². The maximum atomic E-state index is 12.3. The molecule has 0 aliphatic heterocycles. The van der Waals surface area contributed by atoms with E-state index in [9.17, 15) is 18.5 Å². The fourth-order valence-corrected chi connectivity index (χ4v) is 2.97. The first kappa shape index (κ1) is 16.2. The Kier molecular flexibility index (Phi) is 4.38. The number of nitro groups is 1. The Hall–Kier alpha value is -2.13. The van der Waals surface area contributed by atoms with E-state index in [1.807, 2.05) is 13.8 Å². The molecule has 0 aliphatic rings. The molecule has 0 spiro atoms. The minimum Gasteiger partial charge on any atom is -0.359 e. The van der Waals surface area contributed by atoms with Gasteiger partial charge in [0.2, 0.25) is 0 Å². The molecule has 0 unspecified atom stereocenters. The zero-order valence-corrected chi connectivity index (χ0v) is 13.2. The molecule has 0 radical (unpaired) electrons. The molecular formula is C12H12ClN3O5S. The third-order valence-electron chi connectivity index (χ3n) is 2.74. The second-order valence-electron chi connectivity index (χ2n) is 4.74. The molecule has 2 aromatic rings. The number of nitrogens with one attached hydrogen (secondary N) is 1. The zero-order valence-electron chi connectivity index (χ0n) is 11.6. The third-order valence-corrected chi connectivity index (χ3v) is 4.38. The van der Waals surface area contributed by atoms with Crippen LogP contribution in [0.25, 0.3) is 0 Å². The van der Waals surface area contributed by atoms with Crippen LogP contribution in [0.4, 0.5) is 11.5 Å². The molecule has 0 aliphatic carbocycles. The average molecular weight is 346 g/mol. The van der Waals surface area contributed by atoms with Gasteiger partial charge in [-0.3, -0.25) is 14.8 Å². The lowest BCUT2D eigenvalue weighted by molar-refractivity contribution is -0.387. The van der Waals surface area contributed by atoms with Gasteiger partial charge in [-0.25, -0.2) is 8.42 Å². The molecule has 0 fully saturated rings. The van der Waals surface area contributed by atoms with Crippen molar-refractivity contribution in [3.8, 4) is 0 Å². The van der Waals surface area contributed by atoms with Crippen LogP contribution in [0.1, 0.15) is 25.5 Å². The van der Waals surface area contributed by atoms with Crippen molar-refractivity contribution >= 4 is 33.1 Å². The highest BCUT2D eigenvalue weighted by atomic mass is 35.5. The molecule has 0 saturated heterocycles. The van der Waals surface area contributed by atoms with Crippen molar-refractivity contribution in [2.24, 2.45) is 0 Å². The Labute approximate surface area is 131 Å². The molecule has 1 heterocycles. The number of anilines is 1. The molecule has 0 bridgehead atoms. The standard InChI is InChI=1S/C12H12ClN3O5S/c1-7(2)10-6-12(14-21-10)15-22(19,20)11-4-3-8(13)5-9(11)16(17)18/h3-7H,1-2H3,(H,14,15). The van der Waals surface area contributed by atoms with Gasteiger partial charge in [0.25, 0.3) is 15.7 Å². The van der Waals surface area contributed by atoms with Crippen LogP contribution in [0.15, 0.2) is 33.7 Å². The molecule has 1 aromatic heterocycles. The maximum absolute atomic E-state index is 12.3. The molecule has 0 amide bonds. The molecule has 22 heavy (non-hydrogen) atoms. The quantitative estimate of drug-likeness (QED) is 0.657. The molecule has 0 saturated carbocycles. The monoisotopic (exact) mass is 345 g/mol. The van der Waals surface area contributed by atoms with E-state index in [4.69, 9.17) is 16.1 Å². The van der Waals surface area contributed by atoms with Crippen LogP contribution in [0.2, 0.25) is 5.02 Å². The van der Waals surface area contributed by atoms with Crippen molar-refractivity contribution in [2.45, 2.75) is 24.7 Å². The number of hydrogen-bond acceptors (Lipinski definition) is 6. The predicted molar refractivity (Wildman–Crippen MR) is 79.5 cm³/mol. The van der Waals surface area contributed by atoms with Crippen LogP contribution in [-0.4, -0.2) is 18.5 Å². The van der Waals surface area contributed by atoms with E-state index in [0.29, 0.717) is 5.76 Å². The van der Waals surface area contributed by atoms with Crippen molar-refractivity contribution in [3.05, 3.63) is 45.2 Å². The van der Waals surface area contributed by atoms with E-state index in [1.54, 1.807) is 0 Å². The fraction of sp³-hybridized carbons (Fsp3) is 0.250. The normalized spacial score (nSPS) is 11.6. The number of sulfonamides is 1. The van der Waals surface area contributed by atoms with Crippen molar-refractivity contribution in [1.82, 2.24) is 5.16 Å². The van der Waals surface area contributed by atoms with E-state index in [0.717, 1.165) is 12.1 Å². The summed E-state index contributed by atoms with van der Waals surface area (Å²) in [6.45, 7) is 3.70. The van der Waals surface area contributed by atoms with Crippen molar-refractivity contribution < 1.29 is 17.9 Å². The highest BCUT2D eigenvalue weighted by Crippen LogP contribution is 2.29. The van der Waals surface area contributed by atoms with Crippen LogP contribution in [0.5, 0.6) is 0 Å². The minimum absolute atomic E-state index is 0.0237. The van der Waals surface area contributed by atoms with E-state index >= 15 is 0 Å². The van der Waals surface area contributed by atoms with Crippen molar-refractivity contribution in [1.29, 1.82) is 0 Å². The first-order valence-electron chi connectivity index (χ1n) is 6.14. The summed E-state index contributed by atoms with van der Waals surface area (Å²) in [6.07, 6.45) is 0. The molecule has 0 atom stereocenters. The molecule has 10 heteroatoms. The Morgan fingerprint density at radius 3 is 2.59 bits per heavy atom. The number of nitro benzene ring substituents is 1. The van der Waals surface area contributed by atoms with E-state index in [1.165, 1.54) is 12.1 Å². The fourth-order valence-electron chi connectivity index (χ4n) is 1.66. The molecule has 1 N–H and O–H groups in total. The Morgan fingerprint density at radius 1 is 1.36 bits per heavy atom. The minimum atomic E-state index is -4.19. The third kappa shape index (κ3) is 3.37. The smallest absolute Gasteiger partial charge is 0.291 e. The van der Waals surface area contributed by atoms with E-state index in [-0.39, 0.29) is 16.8 Å². The van der Waals surface area contributed by atoms with E-state index in [2.05, 4.69) is 9.88 Å². The molecular weight excluding hydrogens is 334 g/mol. The highest BCUT2D eigenvalue weighted by Gasteiger charge is 2.27. The van der Waals surface area contributed by atoms with Gasteiger partial charge in [-0.15, -0.1) is 0 Å². The summed E-state index contributed by atoms with van der Waals surface area (Å²) in [5.41, 5.74) is -0.618. The van der Waals surface area contributed by atoms with E-state index < -0.39 is 25.5 Å². The van der Waals surface area contributed by atoms with Gasteiger partial charge in [0.15, 0.2) is 10.7 Å². The number of nitrogens with zero attached hydrogens (tertiary/aromatic N) is 2. The summed E-state index contributed by atoms with van der Waals surface area (Å²) >= 11 is 5.66. The summed E-state index contributed by atoms with van der Waals surface area (Å²) < 4.78 is 31.7. The number of hydrogen-bond donors (Lipinski definition) is 1. The van der Waals surface area contributed by atoms with Gasteiger partial charge >= 0.3 is 0 Å². The van der Waals surface area contributed by atoms with Gasteiger partial charge in [0.1, 0.15) is 5.76 Å². The predicted octanol–water partition coefficient (Wildman–Crippen LogP) is 3.16. The first-order valence-corrected chi connectivity index (χ1v) is 8.00. The van der Waals surface area contributed by atoms with Gasteiger partial charge in [0.05, 0.1) is 4.92 Å². The van der Waals surface area contributed by atoms with Gasteiger partial charge in [-0.05, 0) is 12.1 Å². The van der Waals surface area contributed by atoms with Gasteiger partial charge in [-0.2, -0.15) is 0 Å². The lowest BCUT2D eigenvalue weighted by Gasteiger charge is -2.05. The van der Waals surface area contributed by atoms with Crippen LogP contribution < -0.4 is 4.72 Å². The summed E-state index contributed by atoms with van der Waals surface area (Å²) in [4.78, 5) is 9.67. The van der Waals surface area contributed by atoms with Gasteiger partial charge in [0, 0.05) is 23.1 Å². The number of benzene rings is 1. The number of aromatic nitrogens is 1. The second-order valence-corrected chi connectivity index (χ2v) is 6.83. The Balaban J connectivity index is 2.40. The Bertz CT molecular complexity index is 816.